The summed E-state index contributed by atoms with van der Waals surface area (Å²) in [6.07, 6.45) is 4.83. The number of carboxylic acid groups (broad SMARTS) is 1. The molecule has 0 aromatic carbocycles. The van der Waals surface area contributed by atoms with Crippen LogP contribution >= 0.6 is 23.5 Å². The molecule has 0 unspecified atom stereocenters. The average Bonchev–Trinajstić information content (AvgIpc) is 2.74. The minimum absolute atomic E-state index is 0.164. The highest BCUT2D eigenvalue weighted by Crippen LogP contribution is 2.43. The van der Waals surface area contributed by atoms with Crippen molar-refractivity contribution >= 4 is 29.5 Å². The van der Waals surface area contributed by atoms with E-state index in [9.17, 15) is 4.79 Å². The minimum Gasteiger partial charge on any atom is -0.481 e. The summed E-state index contributed by atoms with van der Waals surface area (Å²) < 4.78 is 0.486. The van der Waals surface area contributed by atoms with Gasteiger partial charge < -0.3 is 5.11 Å². The minimum atomic E-state index is -0.636. The van der Waals surface area contributed by atoms with Gasteiger partial charge in [0.25, 0.3) is 0 Å². The van der Waals surface area contributed by atoms with Crippen molar-refractivity contribution in [1.82, 2.24) is 0 Å². The van der Waals surface area contributed by atoms with Gasteiger partial charge in [-0.05, 0) is 6.42 Å². The van der Waals surface area contributed by atoms with Crippen LogP contribution in [0.25, 0.3) is 0 Å². The quantitative estimate of drug-likeness (QED) is 0.717. The maximum Gasteiger partial charge on any atom is 0.307 e. The topological polar surface area (TPSA) is 37.3 Å². The van der Waals surface area contributed by atoms with Gasteiger partial charge >= 0.3 is 5.97 Å². The molecule has 0 saturated carbocycles. The molecule has 1 saturated heterocycles. The average molecular weight is 216 g/mol. The van der Waals surface area contributed by atoms with Crippen LogP contribution in [0.15, 0.2) is 12.2 Å². The Hall–Kier alpha value is -0.0900. The van der Waals surface area contributed by atoms with Gasteiger partial charge in [-0.15, -0.1) is 23.5 Å². The van der Waals surface area contributed by atoms with Gasteiger partial charge in [0, 0.05) is 17.4 Å². The molecule has 2 nitrogen and oxygen atoms in total. The molecule has 0 aromatic heterocycles. The van der Waals surface area contributed by atoms with Crippen molar-refractivity contribution in [1.29, 1.82) is 0 Å². The van der Waals surface area contributed by atoms with Crippen molar-refractivity contribution in [3.05, 3.63) is 12.2 Å². The van der Waals surface area contributed by atoms with Gasteiger partial charge in [0.05, 0.1) is 10.5 Å². The van der Waals surface area contributed by atoms with Crippen molar-refractivity contribution in [2.45, 2.75) is 11.0 Å². The highest BCUT2D eigenvalue weighted by molar-refractivity contribution is 8.20. The summed E-state index contributed by atoms with van der Waals surface area (Å²) in [6, 6.07) is 0. The summed E-state index contributed by atoms with van der Waals surface area (Å²) in [5, 5.41) is 8.99. The molecule has 1 aliphatic carbocycles. The van der Waals surface area contributed by atoms with Crippen LogP contribution in [0.3, 0.4) is 0 Å². The molecule has 2 aliphatic rings. The zero-order valence-electron chi connectivity index (χ0n) is 7.18. The Morgan fingerprint density at radius 1 is 1.38 bits per heavy atom. The zero-order chi connectivity index (χ0) is 9.26. The number of thioether (sulfide) groups is 2. The number of hydrogen-bond donors (Lipinski definition) is 1. The number of aliphatic carboxylic acids is 1. The molecule has 0 aromatic rings. The van der Waals surface area contributed by atoms with E-state index in [1.54, 1.807) is 0 Å². The third-order valence-electron chi connectivity index (χ3n) is 2.49. The molecule has 1 aliphatic heterocycles. The Labute approximate surface area is 86.2 Å². The first-order valence-electron chi connectivity index (χ1n) is 4.41. The van der Waals surface area contributed by atoms with Crippen LogP contribution in [-0.2, 0) is 4.79 Å². The van der Waals surface area contributed by atoms with Crippen LogP contribution in [0.4, 0.5) is 0 Å². The van der Waals surface area contributed by atoms with E-state index in [4.69, 9.17) is 5.11 Å². The standard InChI is InChI=1S/C9H12O2S2/c10-8(11)6-2-1-3-7(6)9-12-4-5-13-9/h1,3,6-7,9H,2,4-5H2,(H,10,11)/t6-,7-/m1/s1. The number of rotatable bonds is 2. The third kappa shape index (κ3) is 1.89. The van der Waals surface area contributed by atoms with Crippen LogP contribution in [0.5, 0.6) is 0 Å². The molecule has 4 heteroatoms. The molecule has 1 heterocycles. The first kappa shape index (κ1) is 9.46. The molecule has 72 valence electrons. The number of carbonyl (C=O) groups is 1. The van der Waals surface area contributed by atoms with E-state index in [-0.39, 0.29) is 11.8 Å². The molecule has 1 fully saturated rings. The van der Waals surface area contributed by atoms with Gasteiger partial charge in [0.1, 0.15) is 0 Å². The molecule has 2 atom stereocenters. The summed E-state index contributed by atoms with van der Waals surface area (Å²) in [6.45, 7) is 0. The molecule has 0 spiro atoms. The highest BCUT2D eigenvalue weighted by Gasteiger charge is 2.36. The van der Waals surface area contributed by atoms with Gasteiger partial charge in [-0.25, -0.2) is 0 Å². The fourth-order valence-corrected chi connectivity index (χ4v) is 5.02. The lowest BCUT2D eigenvalue weighted by molar-refractivity contribution is -0.142. The molecule has 13 heavy (non-hydrogen) atoms. The smallest absolute Gasteiger partial charge is 0.307 e. The van der Waals surface area contributed by atoms with E-state index in [1.807, 2.05) is 29.6 Å². The van der Waals surface area contributed by atoms with Crippen molar-refractivity contribution in [2.75, 3.05) is 11.5 Å². The summed E-state index contributed by atoms with van der Waals surface area (Å²) >= 11 is 3.82. The second-order valence-electron chi connectivity index (χ2n) is 3.30. The van der Waals surface area contributed by atoms with Gasteiger partial charge in [-0.1, -0.05) is 12.2 Å². The lowest BCUT2D eigenvalue weighted by Crippen LogP contribution is -2.24. The van der Waals surface area contributed by atoms with Crippen LogP contribution in [0.1, 0.15) is 6.42 Å². The number of hydrogen-bond acceptors (Lipinski definition) is 3. The van der Waals surface area contributed by atoms with E-state index < -0.39 is 5.97 Å². The molecular weight excluding hydrogens is 204 g/mol. The predicted octanol–water partition coefficient (Wildman–Crippen LogP) is 2.07. The highest BCUT2D eigenvalue weighted by atomic mass is 32.2. The molecule has 0 radical (unpaired) electrons. The molecule has 0 amide bonds. The van der Waals surface area contributed by atoms with Gasteiger partial charge in [0.2, 0.25) is 0 Å². The van der Waals surface area contributed by atoms with E-state index >= 15 is 0 Å². The Kier molecular flexibility index (Phi) is 2.89. The summed E-state index contributed by atoms with van der Waals surface area (Å²) in [7, 11) is 0. The van der Waals surface area contributed by atoms with Crippen molar-refractivity contribution < 1.29 is 9.90 Å². The van der Waals surface area contributed by atoms with Crippen molar-refractivity contribution in [3.8, 4) is 0 Å². The molecule has 0 bridgehead atoms. The molecule has 2 rings (SSSR count). The fraction of sp³-hybridized carbons (Fsp3) is 0.667. The van der Waals surface area contributed by atoms with E-state index in [0.717, 1.165) is 6.42 Å². The Bertz CT molecular complexity index is 234. The van der Waals surface area contributed by atoms with Crippen LogP contribution in [0, 0.1) is 11.8 Å². The summed E-state index contributed by atoms with van der Waals surface area (Å²) in [5.41, 5.74) is 0. The first-order chi connectivity index (χ1) is 6.29. The van der Waals surface area contributed by atoms with E-state index in [1.165, 1.54) is 11.5 Å². The monoisotopic (exact) mass is 216 g/mol. The Morgan fingerprint density at radius 2 is 2.08 bits per heavy atom. The van der Waals surface area contributed by atoms with Crippen LogP contribution < -0.4 is 0 Å². The van der Waals surface area contributed by atoms with Gasteiger partial charge in [0.15, 0.2) is 0 Å². The lowest BCUT2D eigenvalue weighted by atomic mass is 9.97. The van der Waals surface area contributed by atoms with Crippen molar-refractivity contribution in [2.24, 2.45) is 11.8 Å². The second-order valence-corrected chi connectivity index (χ2v) is 6.09. The predicted molar refractivity (Wildman–Crippen MR) is 57.1 cm³/mol. The second kappa shape index (κ2) is 3.96. The zero-order valence-corrected chi connectivity index (χ0v) is 8.81. The summed E-state index contributed by atoms with van der Waals surface area (Å²) in [5.74, 6) is 1.80. The van der Waals surface area contributed by atoms with E-state index in [2.05, 4.69) is 6.08 Å². The maximum absolute atomic E-state index is 10.9. The lowest BCUT2D eigenvalue weighted by Gasteiger charge is -2.20. The van der Waals surface area contributed by atoms with Crippen molar-refractivity contribution in [3.63, 3.8) is 0 Å². The van der Waals surface area contributed by atoms with Gasteiger partial charge in [-0.2, -0.15) is 0 Å². The van der Waals surface area contributed by atoms with Gasteiger partial charge in [-0.3, -0.25) is 4.79 Å². The maximum atomic E-state index is 10.9. The first-order valence-corrected chi connectivity index (χ1v) is 6.51. The Balaban J connectivity index is 2.03. The SMILES string of the molecule is O=C(O)[C@@H]1CC=C[C@H]1C1SCCS1. The van der Waals surface area contributed by atoms with E-state index in [0.29, 0.717) is 4.58 Å². The number of allylic oxidation sites excluding steroid dienone is 2. The largest absolute Gasteiger partial charge is 0.481 e. The Morgan fingerprint density at radius 3 is 2.69 bits per heavy atom. The molecule has 1 N–H and O–H groups in total. The third-order valence-corrected chi connectivity index (χ3v) is 5.73. The molecular formula is C9H12O2S2. The van der Waals surface area contributed by atoms with Crippen LogP contribution in [0.2, 0.25) is 0 Å². The fourth-order valence-electron chi connectivity index (χ4n) is 1.82. The normalized spacial score (nSPS) is 34.2. The number of carboxylic acids is 1. The summed E-state index contributed by atoms with van der Waals surface area (Å²) in [4.78, 5) is 10.9. The van der Waals surface area contributed by atoms with Crippen LogP contribution in [-0.4, -0.2) is 27.2 Å².